The van der Waals surface area contributed by atoms with Gasteiger partial charge in [-0.3, -0.25) is 4.98 Å². The Balaban J connectivity index is 1.68. The molecule has 1 aliphatic heterocycles. The summed E-state index contributed by atoms with van der Waals surface area (Å²) < 4.78 is 38.5. The van der Waals surface area contributed by atoms with Crippen LogP contribution in [0.15, 0.2) is 48.8 Å². The Morgan fingerprint density at radius 1 is 1.13 bits per heavy atom. The van der Waals surface area contributed by atoms with Gasteiger partial charge in [0.2, 0.25) is 0 Å². The van der Waals surface area contributed by atoms with E-state index in [1.807, 2.05) is 0 Å². The van der Waals surface area contributed by atoms with Crippen LogP contribution in [0.5, 0.6) is 0 Å². The highest BCUT2D eigenvalue weighted by Crippen LogP contribution is 2.34. The second kappa shape index (κ2) is 7.45. The third-order valence-electron chi connectivity index (χ3n) is 5.05. The number of alkyl halides is 3. The average molecular weight is 418 g/mol. The minimum Gasteiger partial charge on any atom is -0.465 e. The number of amides is 1. The fraction of sp³-hybridized carbons (Fsp3) is 0.250. The first-order chi connectivity index (χ1) is 14.2. The zero-order chi connectivity index (χ0) is 21.5. The Bertz CT molecular complexity index is 1090. The number of nitrogens with one attached hydrogen (secondary N) is 1. The predicted octanol–water partition coefficient (Wildman–Crippen LogP) is 3.45. The molecule has 2 atom stereocenters. The molecule has 156 valence electrons. The van der Waals surface area contributed by atoms with Crippen molar-refractivity contribution in [3.05, 3.63) is 54.4 Å². The molecule has 7 nitrogen and oxygen atoms in total. The molecule has 0 bridgehead atoms. The third kappa shape index (κ3) is 3.73. The van der Waals surface area contributed by atoms with Crippen molar-refractivity contribution in [2.45, 2.75) is 18.3 Å². The number of pyridine rings is 2. The van der Waals surface area contributed by atoms with Gasteiger partial charge in [0, 0.05) is 29.9 Å². The second-order valence-corrected chi connectivity index (χ2v) is 7.00. The lowest BCUT2D eigenvalue weighted by Gasteiger charge is -2.18. The number of aliphatic hydroxyl groups is 1. The minimum atomic E-state index is -4.42. The van der Waals surface area contributed by atoms with Crippen LogP contribution in [0.25, 0.3) is 22.0 Å². The highest BCUT2D eigenvalue weighted by Gasteiger charge is 2.34. The number of carboxylic acid groups (broad SMARTS) is 1. The molecule has 0 spiro atoms. The fourth-order valence-corrected chi connectivity index (χ4v) is 3.50. The van der Waals surface area contributed by atoms with Gasteiger partial charge < -0.3 is 20.4 Å². The number of aromatic nitrogens is 2. The summed E-state index contributed by atoms with van der Waals surface area (Å²) in [5.74, 6) is 0.407. The maximum absolute atomic E-state index is 12.8. The Labute approximate surface area is 168 Å². The Hall–Kier alpha value is -3.40. The molecule has 30 heavy (non-hydrogen) atoms. The quantitative estimate of drug-likeness (QED) is 0.603. The highest BCUT2D eigenvalue weighted by molar-refractivity contribution is 5.99. The first-order valence-electron chi connectivity index (χ1n) is 9.08. The molecule has 0 aliphatic carbocycles. The van der Waals surface area contributed by atoms with Gasteiger partial charge in [-0.25, -0.2) is 9.78 Å². The van der Waals surface area contributed by atoms with Gasteiger partial charge in [0.15, 0.2) is 0 Å². The maximum atomic E-state index is 12.8. The number of nitrogens with zero attached hydrogens (tertiary/aromatic N) is 3. The van der Waals surface area contributed by atoms with E-state index < -0.39 is 30.0 Å². The smallest absolute Gasteiger partial charge is 0.416 e. The van der Waals surface area contributed by atoms with Crippen molar-refractivity contribution >= 4 is 22.8 Å². The van der Waals surface area contributed by atoms with Crippen molar-refractivity contribution in [2.24, 2.45) is 0 Å². The largest absolute Gasteiger partial charge is 0.465 e. The average Bonchev–Trinajstić information content (AvgIpc) is 3.08. The number of anilines is 1. The van der Waals surface area contributed by atoms with Gasteiger partial charge in [-0.05, 0) is 29.8 Å². The molecule has 0 saturated carbocycles. The lowest BCUT2D eigenvalue weighted by atomic mass is 10.0. The molecule has 1 aromatic carbocycles. The van der Waals surface area contributed by atoms with Crippen molar-refractivity contribution in [3.8, 4) is 11.1 Å². The van der Waals surface area contributed by atoms with E-state index in [9.17, 15) is 23.1 Å². The van der Waals surface area contributed by atoms with Crippen LogP contribution < -0.4 is 5.32 Å². The van der Waals surface area contributed by atoms with Gasteiger partial charge in [-0.2, -0.15) is 13.2 Å². The van der Waals surface area contributed by atoms with Gasteiger partial charge in [0.1, 0.15) is 5.82 Å². The van der Waals surface area contributed by atoms with E-state index in [4.69, 9.17) is 5.11 Å². The van der Waals surface area contributed by atoms with Gasteiger partial charge in [0.05, 0.1) is 29.8 Å². The lowest BCUT2D eigenvalue weighted by molar-refractivity contribution is -0.137. The van der Waals surface area contributed by atoms with Crippen LogP contribution in [0.3, 0.4) is 0 Å². The van der Waals surface area contributed by atoms with Crippen molar-refractivity contribution in [3.63, 3.8) is 0 Å². The standard InChI is InChI=1S/C20H17F3N4O3/c21-20(22,23)12-5-3-11(4-6-12)14-8-25-18(13-2-1-7-24-17(13)14)26-15-9-27(19(29)30)10-16(15)28/h1-8,15-16,28H,9-10H2,(H,25,26)(H,29,30)/t15-,16+/m1/s1. The number of hydrogen-bond acceptors (Lipinski definition) is 5. The van der Waals surface area contributed by atoms with E-state index in [0.717, 1.165) is 17.0 Å². The van der Waals surface area contributed by atoms with E-state index in [0.29, 0.717) is 27.8 Å². The number of β-amino-alcohol motifs (C(OH)–C–C–N with tert-alkyl or cyclic N) is 1. The fourth-order valence-electron chi connectivity index (χ4n) is 3.50. The van der Waals surface area contributed by atoms with E-state index in [-0.39, 0.29) is 13.1 Å². The van der Waals surface area contributed by atoms with Crippen LogP contribution in [-0.2, 0) is 6.18 Å². The number of carbonyl (C=O) groups is 1. The topological polar surface area (TPSA) is 98.6 Å². The van der Waals surface area contributed by atoms with E-state index in [2.05, 4.69) is 15.3 Å². The van der Waals surface area contributed by atoms with Gasteiger partial charge in [-0.15, -0.1) is 0 Å². The molecular weight excluding hydrogens is 401 g/mol. The zero-order valence-corrected chi connectivity index (χ0v) is 15.5. The Kier molecular flexibility index (Phi) is 4.94. The molecule has 1 aliphatic rings. The van der Waals surface area contributed by atoms with Crippen molar-refractivity contribution in [1.82, 2.24) is 14.9 Å². The number of likely N-dealkylation sites (tertiary alicyclic amines) is 1. The SMILES string of the molecule is O=C(O)N1C[C@H](O)[C@H](Nc2ncc(-c3ccc(C(F)(F)F)cc3)c3ncccc23)C1. The monoisotopic (exact) mass is 418 g/mol. The molecule has 3 aromatic rings. The molecule has 1 saturated heterocycles. The molecule has 1 amide bonds. The van der Waals surface area contributed by atoms with Crippen LogP contribution in [0.1, 0.15) is 5.56 Å². The lowest BCUT2D eigenvalue weighted by Crippen LogP contribution is -2.33. The van der Waals surface area contributed by atoms with Gasteiger partial charge in [0.25, 0.3) is 0 Å². The summed E-state index contributed by atoms with van der Waals surface area (Å²) in [6.45, 7) is 0.0907. The van der Waals surface area contributed by atoms with Crippen LogP contribution in [0, 0.1) is 0 Å². The summed E-state index contributed by atoms with van der Waals surface area (Å²) in [5.41, 5.74) is 0.873. The highest BCUT2D eigenvalue weighted by atomic mass is 19.4. The summed E-state index contributed by atoms with van der Waals surface area (Å²) >= 11 is 0. The molecule has 4 rings (SSSR count). The van der Waals surface area contributed by atoms with Crippen molar-refractivity contribution in [1.29, 1.82) is 0 Å². The van der Waals surface area contributed by atoms with Crippen LogP contribution in [-0.4, -0.2) is 56.4 Å². The van der Waals surface area contributed by atoms with Crippen molar-refractivity contribution in [2.75, 3.05) is 18.4 Å². The third-order valence-corrected chi connectivity index (χ3v) is 5.05. The summed E-state index contributed by atoms with van der Waals surface area (Å²) in [6, 6.07) is 7.65. The number of rotatable bonds is 3. The summed E-state index contributed by atoms with van der Waals surface area (Å²) in [5, 5.41) is 23.0. The second-order valence-electron chi connectivity index (χ2n) is 7.00. The van der Waals surface area contributed by atoms with E-state index in [1.54, 1.807) is 18.3 Å². The number of fused-ring (bicyclic) bond motifs is 1. The van der Waals surface area contributed by atoms with Gasteiger partial charge >= 0.3 is 12.3 Å². The molecular formula is C20H17F3N4O3. The number of halogens is 3. The Morgan fingerprint density at radius 3 is 2.50 bits per heavy atom. The molecule has 0 unspecified atom stereocenters. The van der Waals surface area contributed by atoms with Crippen molar-refractivity contribution < 1.29 is 28.2 Å². The number of benzene rings is 1. The zero-order valence-electron chi connectivity index (χ0n) is 15.5. The van der Waals surface area contributed by atoms with E-state index in [1.165, 1.54) is 18.3 Å². The molecule has 3 heterocycles. The Morgan fingerprint density at radius 2 is 1.87 bits per heavy atom. The van der Waals surface area contributed by atoms with E-state index >= 15 is 0 Å². The summed E-state index contributed by atoms with van der Waals surface area (Å²) in [4.78, 5) is 21.0. The molecule has 10 heteroatoms. The minimum absolute atomic E-state index is 0.00712. The van der Waals surface area contributed by atoms with Gasteiger partial charge in [-0.1, -0.05) is 12.1 Å². The number of hydrogen-bond donors (Lipinski definition) is 3. The molecule has 0 radical (unpaired) electrons. The maximum Gasteiger partial charge on any atom is 0.416 e. The predicted molar refractivity (Wildman–Crippen MR) is 103 cm³/mol. The molecule has 1 fully saturated rings. The first-order valence-corrected chi connectivity index (χ1v) is 9.08. The van der Waals surface area contributed by atoms with Crippen LogP contribution >= 0.6 is 0 Å². The summed E-state index contributed by atoms with van der Waals surface area (Å²) in [6.07, 6.45) is -3.37. The van der Waals surface area contributed by atoms with Crippen LogP contribution in [0.4, 0.5) is 23.8 Å². The first kappa shape index (κ1) is 19.9. The van der Waals surface area contributed by atoms with Crippen LogP contribution in [0.2, 0.25) is 0 Å². The molecule has 3 N–H and O–H groups in total. The normalized spacial score (nSPS) is 19.3. The summed E-state index contributed by atoms with van der Waals surface area (Å²) in [7, 11) is 0. The molecule has 2 aromatic heterocycles. The number of aliphatic hydroxyl groups excluding tert-OH is 1.